The highest BCUT2D eigenvalue weighted by Gasteiger charge is 2.30. The van der Waals surface area contributed by atoms with Gasteiger partial charge in [0.05, 0.1) is 5.52 Å². The van der Waals surface area contributed by atoms with Crippen LogP contribution in [0, 0.1) is 6.92 Å². The Morgan fingerprint density at radius 1 is 1.36 bits per heavy atom. The van der Waals surface area contributed by atoms with Crippen LogP contribution < -0.4 is 0 Å². The lowest BCUT2D eigenvalue weighted by Gasteiger charge is -2.37. The standard InChI is InChI=1S/C17H21N3O2/c1-12-5-6-15-13(4-3-7-18-15)14(12)10-20-9-8-19(2)16(11-20)17(21)22/h3-7,16H,8-11H2,1-2H3,(H,21,22). The third-order valence-electron chi connectivity index (χ3n) is 4.53. The number of aryl methyl sites for hydroxylation is 1. The first-order valence-corrected chi connectivity index (χ1v) is 7.55. The molecule has 1 aromatic heterocycles. The zero-order valence-corrected chi connectivity index (χ0v) is 13.0. The average Bonchev–Trinajstić information content (AvgIpc) is 2.51. The number of pyridine rings is 1. The van der Waals surface area contributed by atoms with Crippen LogP contribution in [0.5, 0.6) is 0 Å². The molecule has 0 saturated carbocycles. The summed E-state index contributed by atoms with van der Waals surface area (Å²) in [6, 6.07) is 7.75. The van der Waals surface area contributed by atoms with Gasteiger partial charge in [0.1, 0.15) is 6.04 Å². The quantitative estimate of drug-likeness (QED) is 0.935. The molecule has 2 heterocycles. The number of rotatable bonds is 3. The van der Waals surface area contributed by atoms with Crippen LogP contribution in [0.4, 0.5) is 0 Å². The fourth-order valence-electron chi connectivity index (χ4n) is 3.10. The molecule has 1 atom stereocenters. The second-order valence-corrected chi connectivity index (χ2v) is 6.00. The number of nitrogens with zero attached hydrogens (tertiary/aromatic N) is 3. The van der Waals surface area contributed by atoms with Crippen molar-refractivity contribution in [3.05, 3.63) is 41.6 Å². The lowest BCUT2D eigenvalue weighted by atomic mass is 10.0. The molecule has 0 amide bonds. The zero-order valence-electron chi connectivity index (χ0n) is 13.0. The van der Waals surface area contributed by atoms with Crippen LogP contribution in [0.15, 0.2) is 30.5 Å². The Kier molecular flexibility index (Phi) is 4.09. The Hall–Kier alpha value is -1.98. The van der Waals surface area contributed by atoms with Crippen molar-refractivity contribution >= 4 is 16.9 Å². The van der Waals surface area contributed by atoms with E-state index in [4.69, 9.17) is 0 Å². The van der Waals surface area contributed by atoms with Crippen molar-refractivity contribution in [1.29, 1.82) is 0 Å². The lowest BCUT2D eigenvalue weighted by Crippen LogP contribution is -2.54. The van der Waals surface area contributed by atoms with Crippen molar-refractivity contribution in [1.82, 2.24) is 14.8 Å². The van der Waals surface area contributed by atoms with Crippen molar-refractivity contribution in [2.24, 2.45) is 0 Å². The molecular weight excluding hydrogens is 278 g/mol. The second kappa shape index (κ2) is 6.02. The summed E-state index contributed by atoms with van der Waals surface area (Å²) in [5.74, 6) is -0.747. The molecule has 2 aromatic rings. The minimum absolute atomic E-state index is 0.429. The summed E-state index contributed by atoms with van der Waals surface area (Å²) in [6.07, 6.45) is 1.80. The summed E-state index contributed by atoms with van der Waals surface area (Å²) < 4.78 is 0. The van der Waals surface area contributed by atoms with Gasteiger partial charge in [-0.2, -0.15) is 0 Å². The van der Waals surface area contributed by atoms with Gasteiger partial charge in [0.2, 0.25) is 0 Å². The van der Waals surface area contributed by atoms with Gasteiger partial charge < -0.3 is 5.11 Å². The molecule has 0 radical (unpaired) electrons. The molecule has 1 fully saturated rings. The van der Waals surface area contributed by atoms with Crippen LogP contribution in [-0.2, 0) is 11.3 Å². The van der Waals surface area contributed by atoms with Gasteiger partial charge in [-0.1, -0.05) is 12.1 Å². The van der Waals surface area contributed by atoms with E-state index < -0.39 is 12.0 Å². The van der Waals surface area contributed by atoms with Gasteiger partial charge in [0.25, 0.3) is 0 Å². The maximum atomic E-state index is 11.4. The van der Waals surface area contributed by atoms with Crippen molar-refractivity contribution in [3.63, 3.8) is 0 Å². The van der Waals surface area contributed by atoms with Gasteiger partial charge in [0.15, 0.2) is 0 Å². The van der Waals surface area contributed by atoms with E-state index in [-0.39, 0.29) is 0 Å². The third-order valence-corrected chi connectivity index (χ3v) is 4.53. The van der Waals surface area contributed by atoms with Crippen LogP contribution in [0.2, 0.25) is 0 Å². The number of piperazine rings is 1. The largest absolute Gasteiger partial charge is 0.480 e. The van der Waals surface area contributed by atoms with Gasteiger partial charge >= 0.3 is 5.97 Å². The van der Waals surface area contributed by atoms with Gasteiger partial charge in [-0.3, -0.25) is 19.6 Å². The second-order valence-electron chi connectivity index (χ2n) is 6.00. The summed E-state index contributed by atoms with van der Waals surface area (Å²) in [5.41, 5.74) is 3.47. The molecule has 116 valence electrons. The first-order valence-electron chi connectivity index (χ1n) is 7.55. The van der Waals surface area contributed by atoms with E-state index in [9.17, 15) is 9.90 Å². The summed E-state index contributed by atoms with van der Waals surface area (Å²) in [4.78, 5) is 19.9. The third kappa shape index (κ3) is 2.82. The molecule has 0 aliphatic carbocycles. The van der Waals surface area contributed by atoms with Crippen LogP contribution >= 0.6 is 0 Å². The molecule has 22 heavy (non-hydrogen) atoms. The molecule has 5 nitrogen and oxygen atoms in total. The Bertz CT molecular complexity index is 701. The molecule has 1 N–H and O–H groups in total. The highest BCUT2D eigenvalue weighted by atomic mass is 16.4. The van der Waals surface area contributed by atoms with Gasteiger partial charge in [-0.25, -0.2) is 0 Å². The fraction of sp³-hybridized carbons (Fsp3) is 0.412. The van der Waals surface area contributed by atoms with Crippen molar-refractivity contribution in [2.45, 2.75) is 19.5 Å². The maximum absolute atomic E-state index is 11.4. The van der Waals surface area contributed by atoms with E-state index in [0.29, 0.717) is 6.54 Å². The summed E-state index contributed by atoms with van der Waals surface area (Å²) in [5, 5.41) is 10.5. The Morgan fingerprint density at radius 3 is 2.95 bits per heavy atom. The van der Waals surface area contributed by atoms with Crippen molar-refractivity contribution in [2.75, 3.05) is 26.7 Å². The number of carbonyl (C=O) groups is 1. The molecule has 0 bridgehead atoms. The molecular formula is C17H21N3O2. The van der Waals surface area contributed by atoms with E-state index in [1.54, 1.807) is 6.20 Å². The number of hydrogen-bond donors (Lipinski definition) is 1. The van der Waals surface area contributed by atoms with Crippen molar-refractivity contribution in [3.8, 4) is 0 Å². The van der Waals surface area contributed by atoms with Crippen LogP contribution in [-0.4, -0.2) is 58.6 Å². The number of aliphatic carboxylic acids is 1. The highest BCUT2D eigenvalue weighted by molar-refractivity contribution is 5.83. The van der Waals surface area contributed by atoms with E-state index in [0.717, 1.165) is 30.5 Å². The van der Waals surface area contributed by atoms with Gasteiger partial charge in [-0.05, 0) is 37.2 Å². The molecule has 1 aliphatic heterocycles. The van der Waals surface area contributed by atoms with Crippen LogP contribution in [0.1, 0.15) is 11.1 Å². The smallest absolute Gasteiger partial charge is 0.322 e. The SMILES string of the molecule is Cc1ccc2ncccc2c1CN1CCN(C)C(C(=O)O)C1. The average molecular weight is 299 g/mol. The first-order chi connectivity index (χ1) is 10.6. The first kappa shape index (κ1) is 14.9. The predicted octanol–water partition coefficient (Wildman–Crippen LogP) is 1.74. The van der Waals surface area contributed by atoms with Gasteiger partial charge in [0, 0.05) is 37.8 Å². The number of carboxylic acid groups (broad SMARTS) is 1. The number of benzene rings is 1. The van der Waals surface area contributed by atoms with E-state index >= 15 is 0 Å². The molecule has 3 rings (SSSR count). The Morgan fingerprint density at radius 2 is 2.18 bits per heavy atom. The summed E-state index contributed by atoms with van der Waals surface area (Å²) in [7, 11) is 1.88. The number of aromatic nitrogens is 1. The molecule has 1 saturated heterocycles. The minimum atomic E-state index is -0.747. The van der Waals surface area contributed by atoms with Gasteiger partial charge in [-0.15, -0.1) is 0 Å². The van der Waals surface area contributed by atoms with Crippen LogP contribution in [0.25, 0.3) is 10.9 Å². The zero-order chi connectivity index (χ0) is 15.7. The lowest BCUT2D eigenvalue weighted by molar-refractivity contribution is -0.145. The predicted molar refractivity (Wildman–Crippen MR) is 85.8 cm³/mol. The number of carboxylic acids is 1. The van der Waals surface area contributed by atoms with E-state index in [2.05, 4.69) is 28.9 Å². The Labute approximate surface area is 130 Å². The molecule has 1 unspecified atom stereocenters. The number of likely N-dealkylation sites (N-methyl/N-ethyl adjacent to an activating group) is 1. The van der Waals surface area contributed by atoms with Crippen LogP contribution in [0.3, 0.4) is 0 Å². The molecule has 1 aromatic carbocycles. The minimum Gasteiger partial charge on any atom is -0.480 e. The van der Waals surface area contributed by atoms with E-state index in [1.807, 2.05) is 24.1 Å². The maximum Gasteiger partial charge on any atom is 0.322 e. The normalized spacial score (nSPS) is 20.4. The van der Waals surface area contributed by atoms with Crippen molar-refractivity contribution < 1.29 is 9.90 Å². The molecule has 0 spiro atoms. The number of fused-ring (bicyclic) bond motifs is 1. The number of hydrogen-bond acceptors (Lipinski definition) is 4. The molecule has 5 heteroatoms. The summed E-state index contributed by atoms with van der Waals surface area (Å²) >= 11 is 0. The van der Waals surface area contributed by atoms with E-state index in [1.165, 1.54) is 11.1 Å². The molecule has 1 aliphatic rings. The summed E-state index contributed by atoms with van der Waals surface area (Å²) in [6.45, 7) is 5.09. The fourth-order valence-corrected chi connectivity index (χ4v) is 3.10. The highest BCUT2D eigenvalue weighted by Crippen LogP contribution is 2.23. The Balaban J connectivity index is 1.87. The topological polar surface area (TPSA) is 56.7 Å². The monoisotopic (exact) mass is 299 g/mol.